The van der Waals surface area contributed by atoms with Gasteiger partial charge in [0.05, 0.1) is 11.8 Å². The molecule has 0 heterocycles. The second kappa shape index (κ2) is 8.35. The quantitative estimate of drug-likeness (QED) is 0.364. The molecule has 1 aliphatic rings. The van der Waals surface area contributed by atoms with E-state index in [1.807, 2.05) is 0 Å². The van der Waals surface area contributed by atoms with E-state index in [4.69, 9.17) is 9.57 Å². The summed E-state index contributed by atoms with van der Waals surface area (Å²) >= 11 is 0. The molecule has 1 amide bonds. The molecule has 0 aromatic rings. The zero-order chi connectivity index (χ0) is 15.0. The van der Waals surface area contributed by atoms with Crippen LogP contribution in [0.15, 0.2) is 17.3 Å². The summed E-state index contributed by atoms with van der Waals surface area (Å²) in [5.74, 6) is -0.477. The SMILES string of the molecule is C=C(C)C(=O)OCC(C)NC(=O)ON=C1CCCCC1. The van der Waals surface area contributed by atoms with Gasteiger partial charge in [-0.05, 0) is 39.5 Å². The lowest BCUT2D eigenvalue weighted by molar-refractivity contribution is -0.139. The molecule has 20 heavy (non-hydrogen) atoms. The maximum absolute atomic E-state index is 11.5. The molecule has 1 aliphatic carbocycles. The Hall–Kier alpha value is -1.85. The van der Waals surface area contributed by atoms with Crippen molar-refractivity contribution in [3.05, 3.63) is 12.2 Å². The summed E-state index contributed by atoms with van der Waals surface area (Å²) in [6.45, 7) is 6.81. The molecule has 6 heteroatoms. The van der Waals surface area contributed by atoms with E-state index in [0.29, 0.717) is 5.57 Å². The number of hydrogen-bond donors (Lipinski definition) is 1. The van der Waals surface area contributed by atoms with E-state index in [-0.39, 0.29) is 12.6 Å². The van der Waals surface area contributed by atoms with Crippen LogP contribution < -0.4 is 5.32 Å². The average Bonchev–Trinajstić information content (AvgIpc) is 2.43. The molecule has 6 nitrogen and oxygen atoms in total. The molecule has 112 valence electrons. The van der Waals surface area contributed by atoms with Gasteiger partial charge in [0.25, 0.3) is 0 Å². The smallest absolute Gasteiger partial charge is 0.433 e. The number of esters is 1. The van der Waals surface area contributed by atoms with Gasteiger partial charge in [0, 0.05) is 5.57 Å². The van der Waals surface area contributed by atoms with E-state index in [0.717, 1.165) is 31.4 Å². The molecule has 1 atom stereocenters. The highest BCUT2D eigenvalue weighted by atomic mass is 16.7. The third kappa shape index (κ3) is 6.36. The zero-order valence-corrected chi connectivity index (χ0v) is 12.1. The van der Waals surface area contributed by atoms with E-state index >= 15 is 0 Å². The topological polar surface area (TPSA) is 77.0 Å². The van der Waals surface area contributed by atoms with Crippen LogP contribution in [0.2, 0.25) is 0 Å². The van der Waals surface area contributed by atoms with Crippen LogP contribution in [-0.2, 0) is 14.4 Å². The lowest BCUT2D eigenvalue weighted by Crippen LogP contribution is -2.36. The number of hydrogen-bond acceptors (Lipinski definition) is 5. The summed E-state index contributed by atoms with van der Waals surface area (Å²) in [4.78, 5) is 27.4. The van der Waals surface area contributed by atoms with Crippen molar-refractivity contribution in [3.63, 3.8) is 0 Å². The second-order valence-corrected chi connectivity index (χ2v) is 5.02. The van der Waals surface area contributed by atoms with Crippen LogP contribution in [0.1, 0.15) is 46.0 Å². The predicted molar refractivity (Wildman–Crippen MR) is 75.4 cm³/mol. The minimum Gasteiger partial charge on any atom is -0.460 e. The fraction of sp³-hybridized carbons (Fsp3) is 0.643. The van der Waals surface area contributed by atoms with Crippen molar-refractivity contribution in [3.8, 4) is 0 Å². The number of nitrogens with one attached hydrogen (secondary N) is 1. The molecular formula is C14H22N2O4. The van der Waals surface area contributed by atoms with Gasteiger partial charge in [0.1, 0.15) is 6.61 Å². The van der Waals surface area contributed by atoms with Gasteiger partial charge >= 0.3 is 12.1 Å². The van der Waals surface area contributed by atoms with Crippen LogP contribution in [-0.4, -0.2) is 30.4 Å². The molecule has 1 fully saturated rings. The first kappa shape index (κ1) is 16.2. The summed E-state index contributed by atoms with van der Waals surface area (Å²) in [6.07, 6.45) is 4.53. The van der Waals surface area contributed by atoms with Gasteiger partial charge in [0.15, 0.2) is 0 Å². The van der Waals surface area contributed by atoms with Crippen molar-refractivity contribution in [2.24, 2.45) is 5.16 Å². The maximum Gasteiger partial charge on any atom is 0.433 e. The number of oxime groups is 1. The van der Waals surface area contributed by atoms with Gasteiger partial charge in [-0.15, -0.1) is 0 Å². The van der Waals surface area contributed by atoms with Crippen LogP contribution in [0.25, 0.3) is 0 Å². The standard InChI is InChI=1S/C14H22N2O4/c1-10(2)13(17)19-9-11(3)15-14(18)20-16-12-7-5-4-6-8-12/h11H,1,4-9H2,2-3H3,(H,15,18). The number of carbonyl (C=O) groups is 2. The van der Waals surface area contributed by atoms with Gasteiger partial charge in [-0.2, -0.15) is 0 Å². The first-order valence-electron chi connectivity index (χ1n) is 6.85. The molecule has 1 saturated carbocycles. The van der Waals surface area contributed by atoms with Gasteiger partial charge in [0.2, 0.25) is 0 Å². The summed E-state index contributed by atoms with van der Waals surface area (Å²) in [6, 6.07) is -0.350. The minimum absolute atomic E-state index is 0.0668. The van der Waals surface area contributed by atoms with Gasteiger partial charge < -0.3 is 10.1 Å². The fourth-order valence-electron chi connectivity index (χ4n) is 1.75. The van der Waals surface area contributed by atoms with Crippen LogP contribution >= 0.6 is 0 Å². The van der Waals surface area contributed by atoms with Crippen LogP contribution in [0.5, 0.6) is 0 Å². The van der Waals surface area contributed by atoms with Gasteiger partial charge in [-0.3, -0.25) is 4.84 Å². The number of amides is 1. The Morgan fingerprint density at radius 3 is 2.60 bits per heavy atom. The second-order valence-electron chi connectivity index (χ2n) is 5.02. The average molecular weight is 282 g/mol. The lowest BCUT2D eigenvalue weighted by atomic mass is 9.99. The summed E-state index contributed by atoms with van der Waals surface area (Å²) in [5.41, 5.74) is 1.25. The monoisotopic (exact) mass is 282 g/mol. The Bertz CT molecular complexity index is 396. The van der Waals surface area contributed by atoms with Crippen molar-refractivity contribution >= 4 is 17.8 Å². The summed E-state index contributed by atoms with van der Waals surface area (Å²) in [5, 5.41) is 6.38. The van der Waals surface area contributed by atoms with Crippen molar-refractivity contribution in [1.29, 1.82) is 0 Å². The fourth-order valence-corrected chi connectivity index (χ4v) is 1.75. The molecular weight excluding hydrogens is 260 g/mol. The summed E-state index contributed by atoms with van der Waals surface area (Å²) in [7, 11) is 0. The van der Waals surface area contributed by atoms with E-state index in [1.54, 1.807) is 13.8 Å². The Morgan fingerprint density at radius 2 is 2.00 bits per heavy atom. The lowest BCUT2D eigenvalue weighted by Gasteiger charge is -2.14. The molecule has 0 spiro atoms. The predicted octanol–water partition coefficient (Wildman–Crippen LogP) is 2.54. The van der Waals surface area contributed by atoms with E-state index < -0.39 is 12.1 Å². The highest BCUT2D eigenvalue weighted by molar-refractivity contribution is 5.87. The highest BCUT2D eigenvalue weighted by Crippen LogP contribution is 2.14. The first-order valence-corrected chi connectivity index (χ1v) is 6.85. The van der Waals surface area contributed by atoms with Gasteiger partial charge in [-0.1, -0.05) is 18.2 Å². The Balaban J connectivity index is 2.23. The molecule has 1 unspecified atom stereocenters. The first-order chi connectivity index (χ1) is 9.49. The van der Waals surface area contributed by atoms with Crippen molar-refractivity contribution < 1.29 is 19.2 Å². The van der Waals surface area contributed by atoms with E-state index in [9.17, 15) is 9.59 Å². The maximum atomic E-state index is 11.5. The third-order valence-electron chi connectivity index (χ3n) is 2.87. The number of carbonyl (C=O) groups excluding carboxylic acids is 2. The molecule has 0 aliphatic heterocycles. The third-order valence-corrected chi connectivity index (χ3v) is 2.87. The van der Waals surface area contributed by atoms with Crippen LogP contribution in [0.3, 0.4) is 0 Å². The molecule has 0 saturated heterocycles. The number of ether oxygens (including phenoxy) is 1. The molecule has 1 rings (SSSR count). The Labute approximate surface area is 119 Å². The Kier molecular flexibility index (Phi) is 6.76. The molecule has 0 aromatic carbocycles. The highest BCUT2D eigenvalue weighted by Gasteiger charge is 2.13. The van der Waals surface area contributed by atoms with Crippen molar-refractivity contribution in [1.82, 2.24) is 5.32 Å². The normalized spacial score (nSPS) is 16.0. The van der Waals surface area contributed by atoms with Crippen LogP contribution in [0, 0.1) is 0 Å². The van der Waals surface area contributed by atoms with Crippen molar-refractivity contribution in [2.45, 2.75) is 52.0 Å². The molecule has 0 bridgehead atoms. The van der Waals surface area contributed by atoms with Crippen molar-refractivity contribution in [2.75, 3.05) is 6.61 Å². The van der Waals surface area contributed by atoms with E-state index in [1.165, 1.54) is 6.42 Å². The summed E-state index contributed by atoms with van der Waals surface area (Å²) < 4.78 is 4.92. The van der Waals surface area contributed by atoms with E-state index in [2.05, 4.69) is 17.1 Å². The molecule has 0 radical (unpaired) electrons. The minimum atomic E-state index is -0.637. The largest absolute Gasteiger partial charge is 0.460 e. The number of nitrogens with zero attached hydrogens (tertiary/aromatic N) is 1. The molecule has 0 aromatic heterocycles. The zero-order valence-electron chi connectivity index (χ0n) is 12.1. The Morgan fingerprint density at radius 1 is 1.35 bits per heavy atom. The number of rotatable bonds is 5. The molecule has 1 N–H and O–H groups in total. The van der Waals surface area contributed by atoms with Crippen LogP contribution in [0.4, 0.5) is 4.79 Å². The van der Waals surface area contributed by atoms with Gasteiger partial charge in [-0.25, -0.2) is 9.59 Å².